The van der Waals surface area contributed by atoms with E-state index in [1.165, 1.54) is 24.0 Å². The van der Waals surface area contributed by atoms with Crippen LogP contribution >= 0.6 is 0 Å². The minimum Gasteiger partial charge on any atom is -0.345 e. The first-order valence-electron chi connectivity index (χ1n) is 12.3. The van der Waals surface area contributed by atoms with Crippen LogP contribution in [-0.4, -0.2) is 31.7 Å². The van der Waals surface area contributed by atoms with Crippen molar-refractivity contribution in [2.45, 2.75) is 76.7 Å². The number of piperidine rings is 1. The second-order valence-electron chi connectivity index (χ2n) is 9.73. The third kappa shape index (κ3) is 5.17. The Kier molecular flexibility index (Phi) is 7.25. The van der Waals surface area contributed by atoms with Crippen molar-refractivity contribution in [1.82, 2.24) is 9.62 Å². The van der Waals surface area contributed by atoms with Gasteiger partial charge in [-0.3, -0.25) is 4.79 Å². The topological polar surface area (TPSA) is 66.5 Å². The number of fused-ring (bicyclic) bond motifs is 1. The summed E-state index contributed by atoms with van der Waals surface area (Å²) < 4.78 is 28.0. The van der Waals surface area contributed by atoms with Crippen LogP contribution in [0.2, 0.25) is 0 Å². The van der Waals surface area contributed by atoms with E-state index in [1.54, 1.807) is 22.5 Å². The normalized spacial score (nSPS) is 18.5. The lowest BCUT2D eigenvalue weighted by Gasteiger charge is -2.29. The van der Waals surface area contributed by atoms with Gasteiger partial charge in [0.15, 0.2) is 0 Å². The highest BCUT2D eigenvalue weighted by Crippen LogP contribution is 2.28. The fourth-order valence-corrected chi connectivity index (χ4v) is 6.50. The molecule has 1 atom stereocenters. The second kappa shape index (κ2) is 9.98. The lowest BCUT2D eigenvalue weighted by atomic mass is 9.88. The summed E-state index contributed by atoms with van der Waals surface area (Å²) in [6.07, 6.45) is 7.21. The van der Waals surface area contributed by atoms with Gasteiger partial charge in [0.2, 0.25) is 10.0 Å². The van der Waals surface area contributed by atoms with Crippen molar-refractivity contribution < 1.29 is 13.2 Å². The van der Waals surface area contributed by atoms with Crippen LogP contribution in [-0.2, 0) is 22.9 Å². The highest BCUT2D eigenvalue weighted by molar-refractivity contribution is 7.89. The standard InChI is InChI=1S/C27H36N2O3S/c1-4-26(23-11-10-21-7-5-6-8-22(21)17-23)28-27(30)25-18-24(12-9-20(25)3)33(31,32)29-15-13-19(2)14-16-29/h9-12,17-19,26H,4-8,13-16H2,1-3H3,(H,28,30)/t26-/m1/s1. The molecular formula is C27H36N2O3S. The molecule has 0 spiro atoms. The molecule has 2 aromatic carbocycles. The van der Waals surface area contributed by atoms with E-state index < -0.39 is 10.0 Å². The van der Waals surface area contributed by atoms with Crippen LogP contribution in [0.25, 0.3) is 0 Å². The lowest BCUT2D eigenvalue weighted by molar-refractivity contribution is 0.0934. The van der Waals surface area contributed by atoms with Crippen molar-refractivity contribution in [2.24, 2.45) is 5.92 Å². The number of benzene rings is 2. The van der Waals surface area contributed by atoms with Crippen molar-refractivity contribution >= 4 is 15.9 Å². The number of nitrogens with one attached hydrogen (secondary N) is 1. The predicted molar refractivity (Wildman–Crippen MR) is 132 cm³/mol. The van der Waals surface area contributed by atoms with Gasteiger partial charge >= 0.3 is 0 Å². The number of hydrogen-bond donors (Lipinski definition) is 1. The molecule has 1 N–H and O–H groups in total. The van der Waals surface area contributed by atoms with Crippen molar-refractivity contribution in [3.8, 4) is 0 Å². The Bertz CT molecular complexity index is 1120. The van der Waals surface area contributed by atoms with Gasteiger partial charge < -0.3 is 5.32 Å². The van der Waals surface area contributed by atoms with E-state index in [-0.39, 0.29) is 16.8 Å². The van der Waals surface area contributed by atoms with Gasteiger partial charge in [0.25, 0.3) is 5.91 Å². The Labute approximate surface area is 198 Å². The maximum absolute atomic E-state index is 13.3. The zero-order valence-corrected chi connectivity index (χ0v) is 20.9. The smallest absolute Gasteiger partial charge is 0.252 e. The Balaban J connectivity index is 1.55. The van der Waals surface area contributed by atoms with E-state index in [4.69, 9.17) is 0 Å². The number of sulfonamides is 1. The molecule has 6 heteroatoms. The van der Waals surface area contributed by atoms with Gasteiger partial charge in [-0.25, -0.2) is 8.42 Å². The molecule has 5 nitrogen and oxygen atoms in total. The number of carbonyl (C=O) groups is 1. The summed E-state index contributed by atoms with van der Waals surface area (Å²) in [6, 6.07) is 11.4. The van der Waals surface area contributed by atoms with Gasteiger partial charge in [0.1, 0.15) is 0 Å². The van der Waals surface area contributed by atoms with E-state index in [9.17, 15) is 13.2 Å². The monoisotopic (exact) mass is 468 g/mol. The largest absolute Gasteiger partial charge is 0.345 e. The highest BCUT2D eigenvalue weighted by atomic mass is 32.2. The van der Waals surface area contributed by atoms with Crippen LogP contribution in [0.5, 0.6) is 0 Å². The number of carbonyl (C=O) groups excluding carboxylic acids is 1. The van der Waals surface area contributed by atoms with Crippen LogP contribution in [0.15, 0.2) is 41.3 Å². The third-order valence-electron chi connectivity index (χ3n) is 7.32. The van der Waals surface area contributed by atoms with Crippen LogP contribution in [0.4, 0.5) is 0 Å². The molecule has 0 radical (unpaired) electrons. The minimum atomic E-state index is -3.60. The van der Waals surface area contributed by atoms with E-state index in [0.29, 0.717) is 24.6 Å². The van der Waals surface area contributed by atoms with Gasteiger partial charge in [-0.2, -0.15) is 4.31 Å². The molecule has 1 amide bonds. The van der Waals surface area contributed by atoms with Gasteiger partial charge in [-0.05, 0) is 92.2 Å². The minimum absolute atomic E-state index is 0.104. The molecule has 1 fully saturated rings. The number of amides is 1. The first-order valence-corrected chi connectivity index (χ1v) is 13.8. The molecule has 4 rings (SSSR count). The fraction of sp³-hybridized carbons (Fsp3) is 0.519. The molecule has 1 aliphatic heterocycles. The molecule has 0 saturated carbocycles. The van der Waals surface area contributed by atoms with Crippen LogP contribution in [0.3, 0.4) is 0 Å². The molecule has 2 aromatic rings. The number of rotatable bonds is 6. The second-order valence-corrected chi connectivity index (χ2v) is 11.7. The molecule has 1 heterocycles. The van der Waals surface area contributed by atoms with E-state index in [1.807, 2.05) is 6.92 Å². The first kappa shape index (κ1) is 24.0. The molecule has 1 saturated heterocycles. The molecule has 0 aromatic heterocycles. The van der Waals surface area contributed by atoms with Crippen molar-refractivity contribution in [2.75, 3.05) is 13.1 Å². The van der Waals surface area contributed by atoms with Crippen LogP contribution in [0, 0.1) is 12.8 Å². The van der Waals surface area contributed by atoms with Gasteiger partial charge in [0.05, 0.1) is 10.9 Å². The SMILES string of the molecule is CC[C@@H](NC(=O)c1cc(S(=O)(=O)N2CCC(C)CC2)ccc1C)c1ccc2c(c1)CCCC2. The Morgan fingerprint density at radius 2 is 1.76 bits per heavy atom. The summed E-state index contributed by atoms with van der Waals surface area (Å²) in [7, 11) is -3.60. The van der Waals surface area contributed by atoms with Crippen LogP contribution < -0.4 is 5.32 Å². The Morgan fingerprint density at radius 1 is 1.06 bits per heavy atom. The quantitative estimate of drug-likeness (QED) is 0.636. The van der Waals surface area contributed by atoms with Crippen molar-refractivity contribution in [1.29, 1.82) is 0 Å². The summed E-state index contributed by atoms with van der Waals surface area (Å²) in [5.74, 6) is 0.326. The maximum atomic E-state index is 13.3. The van der Waals surface area contributed by atoms with E-state index in [0.717, 1.165) is 43.2 Å². The van der Waals surface area contributed by atoms with Crippen molar-refractivity contribution in [3.63, 3.8) is 0 Å². The number of aryl methyl sites for hydroxylation is 3. The fourth-order valence-electron chi connectivity index (χ4n) is 5.01. The van der Waals surface area contributed by atoms with E-state index in [2.05, 4.69) is 37.4 Å². The van der Waals surface area contributed by atoms with Gasteiger partial charge in [0, 0.05) is 18.7 Å². The Hall–Kier alpha value is -2.18. The van der Waals surface area contributed by atoms with E-state index >= 15 is 0 Å². The first-order chi connectivity index (χ1) is 15.8. The molecule has 33 heavy (non-hydrogen) atoms. The summed E-state index contributed by atoms with van der Waals surface area (Å²) in [5, 5.41) is 3.16. The Morgan fingerprint density at radius 3 is 2.45 bits per heavy atom. The summed E-state index contributed by atoms with van der Waals surface area (Å²) in [5.41, 5.74) is 5.14. The number of nitrogens with zero attached hydrogens (tertiary/aromatic N) is 1. The molecule has 1 aliphatic carbocycles. The van der Waals surface area contributed by atoms with Gasteiger partial charge in [-0.15, -0.1) is 0 Å². The predicted octanol–water partition coefficient (Wildman–Crippen LogP) is 5.18. The number of hydrogen-bond acceptors (Lipinski definition) is 3. The highest BCUT2D eigenvalue weighted by Gasteiger charge is 2.29. The summed E-state index contributed by atoms with van der Waals surface area (Å²) in [6.45, 7) is 7.15. The summed E-state index contributed by atoms with van der Waals surface area (Å²) in [4.78, 5) is 13.5. The molecule has 0 bridgehead atoms. The molecule has 2 aliphatic rings. The molecule has 178 valence electrons. The molecular weight excluding hydrogens is 432 g/mol. The summed E-state index contributed by atoms with van der Waals surface area (Å²) >= 11 is 0. The lowest BCUT2D eigenvalue weighted by Crippen LogP contribution is -2.38. The molecule has 0 unspecified atom stereocenters. The zero-order valence-electron chi connectivity index (χ0n) is 20.1. The maximum Gasteiger partial charge on any atom is 0.252 e. The average molecular weight is 469 g/mol. The third-order valence-corrected chi connectivity index (χ3v) is 9.22. The van der Waals surface area contributed by atoms with Crippen molar-refractivity contribution in [3.05, 3.63) is 64.2 Å². The average Bonchev–Trinajstić information content (AvgIpc) is 2.82. The van der Waals surface area contributed by atoms with Crippen LogP contribution in [0.1, 0.15) is 84.6 Å². The zero-order chi connectivity index (χ0) is 23.6. The van der Waals surface area contributed by atoms with Gasteiger partial charge in [-0.1, -0.05) is 38.1 Å².